The second-order valence-corrected chi connectivity index (χ2v) is 9.16. The van der Waals surface area contributed by atoms with Gasteiger partial charge in [0.1, 0.15) is 5.82 Å². The van der Waals surface area contributed by atoms with E-state index in [0.717, 1.165) is 45.3 Å². The molecule has 0 radical (unpaired) electrons. The Balaban J connectivity index is 1.89. The number of aliphatic hydroxyl groups excluding tert-OH is 1. The molecule has 2 heterocycles. The highest BCUT2D eigenvalue weighted by Crippen LogP contribution is 2.39. The third-order valence-corrected chi connectivity index (χ3v) is 6.78. The number of fused-ring (bicyclic) bond motifs is 1. The third kappa shape index (κ3) is 5.30. The van der Waals surface area contributed by atoms with Crippen molar-refractivity contribution in [3.05, 3.63) is 108 Å². The van der Waals surface area contributed by atoms with E-state index in [2.05, 4.69) is 100 Å². The monoisotopic (exact) mass is 491 g/mol. The summed E-state index contributed by atoms with van der Waals surface area (Å²) in [6.07, 6.45) is 12.6. The minimum Gasteiger partial charge on any atom is -0.389 e. The Labute approximate surface area is 219 Å². The van der Waals surface area contributed by atoms with Gasteiger partial charge in [0.05, 0.1) is 35.6 Å². The number of aryl methyl sites for hydroxylation is 1. The van der Waals surface area contributed by atoms with Gasteiger partial charge < -0.3 is 14.2 Å². The molecule has 4 heteroatoms. The van der Waals surface area contributed by atoms with E-state index in [1.54, 1.807) is 0 Å². The number of allylic oxidation sites excluding steroid dienone is 5. The maximum atomic E-state index is 11.5. The second-order valence-electron chi connectivity index (χ2n) is 9.16. The highest BCUT2D eigenvalue weighted by atomic mass is 16.3. The van der Waals surface area contributed by atoms with Crippen molar-refractivity contribution >= 4 is 28.6 Å². The lowest BCUT2D eigenvalue weighted by molar-refractivity contribution is 0.134. The number of nitrogens with zero attached hydrogens (tertiary/aromatic N) is 3. The molecule has 0 saturated heterocycles. The van der Waals surface area contributed by atoms with Gasteiger partial charge in [-0.3, -0.25) is 0 Å². The van der Waals surface area contributed by atoms with Crippen LogP contribution in [-0.4, -0.2) is 25.3 Å². The standard InChI is InChI=1S/C33H37N3O/c1-6-10-12-17-25(7-2)33-32(26-18-13-11-14-19-26)28-20-15-16-21-31(28)36(33)23-27(37)22-35-24(5)34-29(8-3)30(35)9-4/h6-9,11-21,27,37H,1,10,22-23H2,2-5H3/b17-12-,25-7+,29-8+,30-9+. The Kier molecular flexibility index (Phi) is 8.42. The molecular formula is C33H37N3O. The van der Waals surface area contributed by atoms with Crippen molar-refractivity contribution in [2.45, 2.75) is 53.3 Å². The molecule has 2 aromatic carbocycles. The van der Waals surface area contributed by atoms with Crippen LogP contribution in [0.2, 0.25) is 0 Å². The molecule has 0 amide bonds. The maximum absolute atomic E-state index is 11.5. The van der Waals surface area contributed by atoms with Crippen LogP contribution in [0.15, 0.2) is 85.5 Å². The highest BCUT2D eigenvalue weighted by Gasteiger charge is 2.22. The highest BCUT2D eigenvalue weighted by molar-refractivity contribution is 6.03. The van der Waals surface area contributed by atoms with E-state index in [4.69, 9.17) is 0 Å². The maximum Gasteiger partial charge on any atom is 0.106 e. The summed E-state index contributed by atoms with van der Waals surface area (Å²) in [7, 11) is 0. The van der Waals surface area contributed by atoms with E-state index in [1.807, 2.05) is 39.0 Å². The Morgan fingerprint density at radius 3 is 2.35 bits per heavy atom. The van der Waals surface area contributed by atoms with Gasteiger partial charge in [0.2, 0.25) is 0 Å². The first-order valence-corrected chi connectivity index (χ1v) is 13.0. The molecule has 2 aromatic heterocycles. The van der Waals surface area contributed by atoms with Gasteiger partial charge in [-0.1, -0.05) is 85.0 Å². The lowest BCUT2D eigenvalue weighted by Gasteiger charge is -2.19. The summed E-state index contributed by atoms with van der Waals surface area (Å²) in [5, 5.41) is 14.6. The molecule has 1 N–H and O–H groups in total. The molecule has 0 fully saturated rings. The Hall–Kier alpha value is -3.89. The molecule has 1 atom stereocenters. The zero-order chi connectivity index (χ0) is 26.4. The van der Waals surface area contributed by atoms with Gasteiger partial charge in [-0.25, -0.2) is 4.98 Å². The summed E-state index contributed by atoms with van der Waals surface area (Å²) < 4.78 is 4.40. The molecule has 0 aliphatic heterocycles. The first-order valence-electron chi connectivity index (χ1n) is 13.0. The summed E-state index contributed by atoms with van der Waals surface area (Å²) in [5.41, 5.74) is 5.69. The van der Waals surface area contributed by atoms with Crippen LogP contribution in [0.25, 0.3) is 39.8 Å². The van der Waals surface area contributed by atoms with Gasteiger partial charge in [-0.05, 0) is 51.3 Å². The number of hydrogen-bond donors (Lipinski definition) is 1. The lowest BCUT2D eigenvalue weighted by atomic mass is 9.98. The predicted molar refractivity (Wildman–Crippen MR) is 157 cm³/mol. The average Bonchev–Trinajstić information content (AvgIpc) is 3.40. The van der Waals surface area contributed by atoms with E-state index >= 15 is 0 Å². The summed E-state index contributed by atoms with van der Waals surface area (Å²) in [6.45, 7) is 12.9. The molecular weight excluding hydrogens is 454 g/mol. The Morgan fingerprint density at radius 2 is 1.68 bits per heavy atom. The van der Waals surface area contributed by atoms with Crippen LogP contribution in [-0.2, 0) is 13.1 Å². The minimum atomic E-state index is -0.607. The molecule has 0 aliphatic rings. The predicted octanol–water partition coefficient (Wildman–Crippen LogP) is 6.01. The van der Waals surface area contributed by atoms with Crippen LogP contribution in [0.3, 0.4) is 0 Å². The Morgan fingerprint density at radius 1 is 0.973 bits per heavy atom. The molecule has 4 rings (SSSR count). The van der Waals surface area contributed by atoms with E-state index < -0.39 is 6.10 Å². The summed E-state index contributed by atoms with van der Waals surface area (Å²) in [6, 6.07) is 19.0. The van der Waals surface area contributed by atoms with Gasteiger partial charge in [0.15, 0.2) is 0 Å². The molecule has 0 aliphatic carbocycles. The van der Waals surface area contributed by atoms with Crippen molar-refractivity contribution in [3.63, 3.8) is 0 Å². The summed E-state index contributed by atoms with van der Waals surface area (Å²) in [4.78, 5) is 4.69. The topological polar surface area (TPSA) is 43.0 Å². The van der Waals surface area contributed by atoms with Crippen molar-refractivity contribution in [1.29, 1.82) is 0 Å². The van der Waals surface area contributed by atoms with Gasteiger partial charge >= 0.3 is 0 Å². The fourth-order valence-electron chi connectivity index (χ4n) is 5.12. The average molecular weight is 492 g/mol. The molecule has 1 unspecified atom stereocenters. The normalized spacial score (nSPS) is 14.2. The van der Waals surface area contributed by atoms with Crippen molar-refractivity contribution in [3.8, 4) is 11.1 Å². The fourth-order valence-corrected chi connectivity index (χ4v) is 5.12. The number of aromatic nitrogens is 3. The molecule has 37 heavy (non-hydrogen) atoms. The molecule has 0 saturated carbocycles. The second kappa shape index (κ2) is 11.9. The van der Waals surface area contributed by atoms with Gasteiger partial charge in [0.25, 0.3) is 0 Å². The van der Waals surface area contributed by atoms with Crippen LogP contribution >= 0.6 is 0 Å². The number of aliphatic hydroxyl groups is 1. The number of hydrogen-bond acceptors (Lipinski definition) is 2. The Bertz CT molecular complexity index is 1570. The van der Waals surface area contributed by atoms with Crippen LogP contribution in [0, 0.1) is 6.92 Å². The van der Waals surface area contributed by atoms with E-state index in [0.29, 0.717) is 13.1 Å². The SMILES string of the molecule is C=CC/C=C\C(=C/C)c1c(-c2ccccc2)c2ccccc2n1CC(O)Cn1c(C)nc(=C/C)/c1=C\C. The summed E-state index contributed by atoms with van der Waals surface area (Å²) >= 11 is 0. The van der Waals surface area contributed by atoms with Crippen molar-refractivity contribution in [2.75, 3.05) is 0 Å². The number of para-hydroxylation sites is 1. The molecule has 190 valence electrons. The largest absolute Gasteiger partial charge is 0.389 e. The van der Waals surface area contributed by atoms with Crippen LogP contribution in [0.1, 0.15) is 38.7 Å². The van der Waals surface area contributed by atoms with Crippen molar-refractivity contribution < 1.29 is 5.11 Å². The third-order valence-electron chi connectivity index (χ3n) is 6.78. The zero-order valence-electron chi connectivity index (χ0n) is 22.4. The molecule has 4 aromatic rings. The van der Waals surface area contributed by atoms with Gasteiger partial charge in [0, 0.05) is 16.5 Å². The van der Waals surface area contributed by atoms with E-state index in [-0.39, 0.29) is 0 Å². The smallest absolute Gasteiger partial charge is 0.106 e. The number of rotatable bonds is 9. The first-order chi connectivity index (χ1) is 18.0. The van der Waals surface area contributed by atoms with Crippen molar-refractivity contribution in [1.82, 2.24) is 14.1 Å². The molecule has 0 spiro atoms. The van der Waals surface area contributed by atoms with Gasteiger partial charge in [-0.15, -0.1) is 6.58 Å². The number of benzene rings is 2. The lowest BCUT2D eigenvalue weighted by Crippen LogP contribution is -2.34. The fraction of sp³-hybridized carbons (Fsp3) is 0.242. The van der Waals surface area contributed by atoms with Crippen molar-refractivity contribution in [2.24, 2.45) is 0 Å². The number of imidazole rings is 1. The first kappa shape index (κ1) is 26.2. The van der Waals surface area contributed by atoms with Crippen LogP contribution in [0.4, 0.5) is 0 Å². The minimum absolute atomic E-state index is 0.460. The summed E-state index contributed by atoms with van der Waals surface area (Å²) in [5.74, 6) is 0.907. The molecule has 0 bridgehead atoms. The van der Waals surface area contributed by atoms with Crippen LogP contribution in [0.5, 0.6) is 0 Å². The van der Waals surface area contributed by atoms with Crippen LogP contribution < -0.4 is 10.7 Å². The molecule has 4 nitrogen and oxygen atoms in total. The van der Waals surface area contributed by atoms with E-state index in [9.17, 15) is 5.11 Å². The van der Waals surface area contributed by atoms with Gasteiger partial charge in [-0.2, -0.15) is 0 Å². The quantitative estimate of drug-likeness (QED) is 0.230. The zero-order valence-corrected chi connectivity index (χ0v) is 22.4. The van der Waals surface area contributed by atoms with E-state index in [1.165, 1.54) is 10.9 Å².